The highest BCUT2D eigenvalue weighted by molar-refractivity contribution is 5.80. The quantitative estimate of drug-likeness (QED) is 0.623. The molecule has 7 heteroatoms. The molecule has 0 aliphatic carbocycles. The summed E-state index contributed by atoms with van der Waals surface area (Å²) in [6, 6.07) is 10.2. The second-order valence-electron chi connectivity index (χ2n) is 6.58. The minimum Gasteiger partial charge on any atom is -0.375 e. The molecule has 0 radical (unpaired) electrons. The maximum absolute atomic E-state index is 5.95. The number of hydrogen-bond acceptors (Lipinski definition) is 4. The first-order chi connectivity index (χ1) is 13.2. The first-order valence-corrected chi connectivity index (χ1v) is 9.42. The van der Waals surface area contributed by atoms with Gasteiger partial charge in [-0.2, -0.15) is 5.10 Å². The number of morpholine rings is 1. The smallest absolute Gasteiger partial charge is 0.194 e. The lowest BCUT2D eigenvalue weighted by atomic mass is 10.1. The van der Waals surface area contributed by atoms with Crippen molar-refractivity contribution >= 4 is 5.96 Å². The van der Waals surface area contributed by atoms with Gasteiger partial charge in [0.05, 0.1) is 25.9 Å². The summed E-state index contributed by atoms with van der Waals surface area (Å²) in [5.41, 5.74) is 2.23. The Morgan fingerprint density at radius 3 is 2.89 bits per heavy atom. The average molecular weight is 371 g/mol. The fourth-order valence-corrected chi connectivity index (χ4v) is 3.23. The van der Waals surface area contributed by atoms with Crippen LogP contribution in [-0.4, -0.2) is 60.5 Å². The van der Waals surface area contributed by atoms with Crippen molar-refractivity contribution in [3.8, 4) is 0 Å². The third kappa shape index (κ3) is 5.08. The second kappa shape index (κ2) is 9.53. The maximum atomic E-state index is 5.95. The number of aryl methyl sites for hydroxylation is 1. The summed E-state index contributed by atoms with van der Waals surface area (Å²) in [5.74, 6) is 0.896. The molecule has 1 aliphatic rings. The monoisotopic (exact) mass is 371 g/mol. The highest BCUT2D eigenvalue weighted by Crippen LogP contribution is 2.22. The number of benzene rings is 1. The summed E-state index contributed by atoms with van der Waals surface area (Å²) in [6.45, 7) is 5.69. The van der Waals surface area contributed by atoms with Crippen LogP contribution in [0.4, 0.5) is 0 Å². The van der Waals surface area contributed by atoms with Crippen molar-refractivity contribution in [3.05, 3.63) is 53.9 Å². The van der Waals surface area contributed by atoms with E-state index < -0.39 is 0 Å². The van der Waals surface area contributed by atoms with E-state index in [0.29, 0.717) is 13.2 Å². The Bertz CT molecular complexity index is 731. The Morgan fingerprint density at radius 1 is 1.41 bits per heavy atom. The van der Waals surface area contributed by atoms with Gasteiger partial charge in [0.25, 0.3) is 0 Å². The molecule has 0 spiro atoms. The molecule has 2 aromatic rings. The number of aromatic nitrogens is 2. The fourth-order valence-electron chi connectivity index (χ4n) is 3.23. The number of rotatable bonds is 6. The number of guanidine groups is 1. The van der Waals surface area contributed by atoms with Gasteiger partial charge in [-0.15, -0.1) is 0 Å². The Hall–Kier alpha value is -2.38. The van der Waals surface area contributed by atoms with Gasteiger partial charge >= 0.3 is 0 Å². The van der Waals surface area contributed by atoms with Gasteiger partial charge in [-0.3, -0.25) is 9.67 Å². The van der Waals surface area contributed by atoms with Crippen molar-refractivity contribution in [2.24, 2.45) is 12.0 Å². The van der Waals surface area contributed by atoms with Gasteiger partial charge in [-0.25, -0.2) is 0 Å². The molecule has 0 amide bonds. The lowest BCUT2D eigenvalue weighted by molar-refractivity contribution is -0.00815. The van der Waals surface area contributed by atoms with Crippen LogP contribution in [0.15, 0.2) is 47.7 Å². The highest BCUT2D eigenvalue weighted by Gasteiger charge is 2.25. The van der Waals surface area contributed by atoms with Crippen LogP contribution in [0.25, 0.3) is 0 Å². The number of methoxy groups -OCH3 is 1. The van der Waals surface area contributed by atoms with Crippen molar-refractivity contribution in [2.45, 2.75) is 19.1 Å². The van der Waals surface area contributed by atoms with E-state index in [1.54, 1.807) is 11.8 Å². The molecule has 2 heterocycles. The predicted molar refractivity (Wildman–Crippen MR) is 106 cm³/mol. The molecular formula is C20H29N5O2. The van der Waals surface area contributed by atoms with Gasteiger partial charge in [0.2, 0.25) is 0 Å². The first-order valence-electron chi connectivity index (χ1n) is 9.42. The molecule has 1 saturated heterocycles. The van der Waals surface area contributed by atoms with Crippen molar-refractivity contribution < 1.29 is 9.47 Å². The zero-order chi connectivity index (χ0) is 19.1. The zero-order valence-electron chi connectivity index (χ0n) is 16.3. The number of hydrogen-bond donors (Lipinski definition) is 1. The van der Waals surface area contributed by atoms with E-state index in [1.807, 2.05) is 37.6 Å². The highest BCUT2D eigenvalue weighted by atomic mass is 16.5. The SMILES string of the molecule is CCNC(=NCC(OC)c1ccccc1)N1CCOC(c2cnn(C)c2)C1. The molecule has 1 N–H and O–H groups in total. The third-order valence-corrected chi connectivity index (χ3v) is 4.66. The Labute approximate surface area is 161 Å². The molecule has 27 heavy (non-hydrogen) atoms. The maximum Gasteiger partial charge on any atom is 0.194 e. The average Bonchev–Trinajstić information content (AvgIpc) is 3.15. The number of nitrogens with zero attached hydrogens (tertiary/aromatic N) is 4. The molecule has 0 saturated carbocycles. The second-order valence-corrected chi connectivity index (χ2v) is 6.58. The van der Waals surface area contributed by atoms with Gasteiger partial charge in [-0.05, 0) is 12.5 Å². The summed E-state index contributed by atoms with van der Waals surface area (Å²) < 4.78 is 13.4. The summed E-state index contributed by atoms with van der Waals surface area (Å²) in [5, 5.41) is 7.66. The predicted octanol–water partition coefficient (Wildman–Crippen LogP) is 2.15. The van der Waals surface area contributed by atoms with Gasteiger partial charge in [-0.1, -0.05) is 30.3 Å². The summed E-state index contributed by atoms with van der Waals surface area (Å²) in [7, 11) is 3.65. The third-order valence-electron chi connectivity index (χ3n) is 4.66. The number of aliphatic imine (C=N–C) groups is 1. The Kier molecular flexibility index (Phi) is 6.84. The minimum atomic E-state index is -0.0602. The van der Waals surface area contributed by atoms with Crippen LogP contribution in [0.5, 0.6) is 0 Å². The van der Waals surface area contributed by atoms with Crippen LogP contribution in [0, 0.1) is 0 Å². The van der Waals surface area contributed by atoms with Crippen molar-refractivity contribution in [3.63, 3.8) is 0 Å². The first kappa shape index (κ1) is 19.4. The van der Waals surface area contributed by atoms with Crippen molar-refractivity contribution in [1.82, 2.24) is 20.0 Å². The topological polar surface area (TPSA) is 63.9 Å². The molecule has 1 aromatic carbocycles. The molecular weight excluding hydrogens is 342 g/mol. The molecule has 0 bridgehead atoms. The molecule has 2 atom stereocenters. The van der Waals surface area contributed by atoms with Gasteiger partial charge in [0.1, 0.15) is 12.2 Å². The molecule has 1 aromatic heterocycles. The van der Waals surface area contributed by atoms with E-state index in [9.17, 15) is 0 Å². The largest absolute Gasteiger partial charge is 0.375 e. The van der Waals surface area contributed by atoms with Gasteiger partial charge in [0.15, 0.2) is 5.96 Å². The van der Waals surface area contributed by atoms with E-state index in [4.69, 9.17) is 14.5 Å². The summed E-state index contributed by atoms with van der Waals surface area (Å²) >= 11 is 0. The van der Waals surface area contributed by atoms with Crippen LogP contribution in [0.3, 0.4) is 0 Å². The normalized spacial score (nSPS) is 19.1. The van der Waals surface area contributed by atoms with E-state index in [1.165, 1.54) is 0 Å². The number of ether oxygens (including phenoxy) is 2. The van der Waals surface area contributed by atoms with Crippen LogP contribution in [0.1, 0.15) is 30.3 Å². The van der Waals surface area contributed by atoms with Crippen LogP contribution in [-0.2, 0) is 16.5 Å². The molecule has 2 unspecified atom stereocenters. The molecule has 146 valence electrons. The lowest BCUT2D eigenvalue weighted by Crippen LogP contribution is -2.48. The molecule has 7 nitrogen and oxygen atoms in total. The van der Waals surface area contributed by atoms with E-state index in [0.717, 1.165) is 36.7 Å². The van der Waals surface area contributed by atoms with E-state index in [-0.39, 0.29) is 12.2 Å². The lowest BCUT2D eigenvalue weighted by Gasteiger charge is -2.35. The van der Waals surface area contributed by atoms with Gasteiger partial charge in [0, 0.05) is 39.0 Å². The van der Waals surface area contributed by atoms with E-state index in [2.05, 4.69) is 34.4 Å². The van der Waals surface area contributed by atoms with Crippen LogP contribution < -0.4 is 5.32 Å². The van der Waals surface area contributed by atoms with Crippen LogP contribution in [0.2, 0.25) is 0 Å². The summed E-state index contributed by atoms with van der Waals surface area (Å²) in [4.78, 5) is 7.10. The standard InChI is InChI=1S/C20H29N5O2/c1-4-21-20(22-13-18(26-3)16-8-6-5-7-9-16)25-10-11-27-19(15-25)17-12-23-24(2)14-17/h5-9,12,14,18-19H,4,10-11,13,15H2,1-3H3,(H,21,22). The number of nitrogens with one attached hydrogen (secondary N) is 1. The Balaban J connectivity index is 1.70. The van der Waals surface area contributed by atoms with E-state index >= 15 is 0 Å². The Morgan fingerprint density at radius 2 is 2.22 bits per heavy atom. The molecule has 1 aliphatic heterocycles. The minimum absolute atomic E-state index is 0.00338. The molecule has 1 fully saturated rings. The van der Waals surface area contributed by atoms with Gasteiger partial charge < -0.3 is 19.7 Å². The fraction of sp³-hybridized carbons (Fsp3) is 0.500. The summed E-state index contributed by atoms with van der Waals surface area (Å²) in [6.07, 6.45) is 3.82. The molecule has 3 rings (SSSR count). The van der Waals surface area contributed by atoms with Crippen LogP contribution >= 0.6 is 0 Å². The zero-order valence-corrected chi connectivity index (χ0v) is 16.3. The van der Waals surface area contributed by atoms with Crippen molar-refractivity contribution in [2.75, 3.05) is 39.9 Å². The van der Waals surface area contributed by atoms with Crippen molar-refractivity contribution in [1.29, 1.82) is 0 Å².